The highest BCUT2D eigenvalue weighted by Gasteiger charge is 2.24. The zero-order chi connectivity index (χ0) is 15.3. The number of aliphatic carboxylic acids is 1. The minimum Gasteiger partial charge on any atom is -0.495 e. The molecule has 0 aliphatic rings. The molecule has 0 fully saturated rings. The molecule has 0 radical (unpaired) electrons. The van der Waals surface area contributed by atoms with E-state index in [9.17, 15) is 14.7 Å². The second-order valence-electron chi connectivity index (χ2n) is 5.78. The minimum atomic E-state index is -1.02. The summed E-state index contributed by atoms with van der Waals surface area (Å²) in [5.41, 5.74) is 0.0268. The molecular formula is C14H21NO4S. The number of methoxy groups -OCH3 is 1. The number of carboxylic acids is 1. The maximum Gasteiger partial charge on any atom is 0.326 e. The summed E-state index contributed by atoms with van der Waals surface area (Å²) in [5.74, 6) is -0.955. The lowest BCUT2D eigenvalue weighted by molar-refractivity contribution is -0.139. The van der Waals surface area contributed by atoms with Gasteiger partial charge in [0.1, 0.15) is 16.7 Å². The van der Waals surface area contributed by atoms with Crippen LogP contribution in [-0.4, -0.2) is 30.1 Å². The molecule has 0 aliphatic carbocycles. The van der Waals surface area contributed by atoms with E-state index in [1.165, 1.54) is 18.4 Å². The first kappa shape index (κ1) is 16.5. The second-order valence-corrected chi connectivity index (χ2v) is 6.70. The van der Waals surface area contributed by atoms with Crippen molar-refractivity contribution in [2.24, 2.45) is 5.41 Å². The fourth-order valence-electron chi connectivity index (χ4n) is 1.68. The van der Waals surface area contributed by atoms with Crippen molar-refractivity contribution in [1.82, 2.24) is 5.32 Å². The van der Waals surface area contributed by atoms with Crippen molar-refractivity contribution >= 4 is 23.2 Å². The predicted octanol–water partition coefficient (Wildman–Crippen LogP) is 2.77. The van der Waals surface area contributed by atoms with Gasteiger partial charge in [-0.1, -0.05) is 20.8 Å². The van der Waals surface area contributed by atoms with Gasteiger partial charge in [0, 0.05) is 0 Å². The van der Waals surface area contributed by atoms with E-state index in [2.05, 4.69) is 5.32 Å². The predicted molar refractivity (Wildman–Crippen MR) is 78.5 cm³/mol. The molecule has 0 saturated heterocycles. The van der Waals surface area contributed by atoms with Crippen LogP contribution in [0.25, 0.3) is 0 Å². The number of thiophene rings is 1. The van der Waals surface area contributed by atoms with Gasteiger partial charge >= 0.3 is 5.97 Å². The Balaban J connectivity index is 2.71. The summed E-state index contributed by atoms with van der Waals surface area (Å²) in [6, 6.07) is 0.804. The van der Waals surface area contributed by atoms with Gasteiger partial charge in [-0.2, -0.15) is 0 Å². The van der Waals surface area contributed by atoms with Crippen LogP contribution in [0.4, 0.5) is 0 Å². The molecule has 1 rings (SSSR count). The normalized spacial score (nSPS) is 12.8. The van der Waals surface area contributed by atoms with Crippen LogP contribution in [0.15, 0.2) is 11.4 Å². The number of carboxylic acid groups (broad SMARTS) is 1. The van der Waals surface area contributed by atoms with Crippen LogP contribution in [0.3, 0.4) is 0 Å². The maximum absolute atomic E-state index is 12.1. The Morgan fingerprint density at radius 2 is 2.10 bits per heavy atom. The highest BCUT2D eigenvalue weighted by atomic mass is 32.1. The zero-order valence-electron chi connectivity index (χ0n) is 12.2. The van der Waals surface area contributed by atoms with Crippen molar-refractivity contribution in [2.45, 2.75) is 39.7 Å². The molecule has 1 aromatic rings. The Hall–Kier alpha value is -1.56. The molecule has 6 heteroatoms. The third-order valence-electron chi connectivity index (χ3n) is 2.84. The smallest absolute Gasteiger partial charge is 0.326 e. The average Bonchev–Trinajstić information content (AvgIpc) is 2.80. The zero-order valence-corrected chi connectivity index (χ0v) is 13.0. The molecule has 112 valence electrons. The van der Waals surface area contributed by atoms with Gasteiger partial charge in [-0.05, 0) is 29.7 Å². The minimum absolute atomic E-state index is 0.0268. The molecule has 1 heterocycles. The van der Waals surface area contributed by atoms with Crippen molar-refractivity contribution in [3.8, 4) is 5.75 Å². The van der Waals surface area contributed by atoms with Crippen molar-refractivity contribution in [1.29, 1.82) is 0 Å². The van der Waals surface area contributed by atoms with Gasteiger partial charge in [0.25, 0.3) is 5.91 Å². The van der Waals surface area contributed by atoms with E-state index in [4.69, 9.17) is 4.74 Å². The highest BCUT2D eigenvalue weighted by Crippen LogP contribution is 2.25. The number of carbonyl (C=O) groups excluding carboxylic acids is 1. The summed E-state index contributed by atoms with van der Waals surface area (Å²) >= 11 is 1.23. The van der Waals surface area contributed by atoms with Crippen LogP contribution in [0, 0.1) is 5.41 Å². The first-order chi connectivity index (χ1) is 9.24. The van der Waals surface area contributed by atoms with Gasteiger partial charge in [0.2, 0.25) is 0 Å². The summed E-state index contributed by atoms with van der Waals surface area (Å²) in [6.07, 6.45) is 1.12. The van der Waals surface area contributed by atoms with Gasteiger partial charge in [-0.15, -0.1) is 11.3 Å². The average molecular weight is 299 g/mol. The monoisotopic (exact) mass is 299 g/mol. The summed E-state index contributed by atoms with van der Waals surface area (Å²) in [7, 11) is 1.48. The fraction of sp³-hybridized carbons (Fsp3) is 0.571. The fourth-order valence-corrected chi connectivity index (χ4v) is 2.44. The lowest BCUT2D eigenvalue weighted by Crippen LogP contribution is -2.41. The van der Waals surface area contributed by atoms with E-state index in [0.29, 0.717) is 23.5 Å². The number of hydrogen-bond donors (Lipinski definition) is 2. The molecule has 2 N–H and O–H groups in total. The van der Waals surface area contributed by atoms with Crippen molar-refractivity contribution < 1.29 is 19.4 Å². The Morgan fingerprint density at radius 1 is 1.45 bits per heavy atom. The molecule has 1 unspecified atom stereocenters. The first-order valence-corrected chi connectivity index (χ1v) is 7.27. The van der Waals surface area contributed by atoms with E-state index in [1.807, 2.05) is 20.8 Å². The summed E-state index contributed by atoms with van der Waals surface area (Å²) in [6.45, 7) is 6.11. The number of carbonyl (C=O) groups is 2. The van der Waals surface area contributed by atoms with E-state index < -0.39 is 17.9 Å². The van der Waals surface area contributed by atoms with E-state index >= 15 is 0 Å². The van der Waals surface area contributed by atoms with Crippen LogP contribution in [0.5, 0.6) is 5.75 Å². The van der Waals surface area contributed by atoms with E-state index in [1.54, 1.807) is 11.4 Å². The number of hydrogen-bond acceptors (Lipinski definition) is 4. The lowest BCUT2D eigenvalue weighted by Gasteiger charge is -2.21. The third-order valence-corrected chi connectivity index (χ3v) is 3.74. The topological polar surface area (TPSA) is 75.6 Å². The van der Waals surface area contributed by atoms with Crippen LogP contribution in [0.1, 0.15) is 43.3 Å². The molecule has 20 heavy (non-hydrogen) atoms. The number of amides is 1. The van der Waals surface area contributed by atoms with E-state index in [-0.39, 0.29) is 5.41 Å². The van der Waals surface area contributed by atoms with Gasteiger partial charge in [-0.25, -0.2) is 4.79 Å². The molecule has 0 aliphatic heterocycles. The second kappa shape index (κ2) is 6.74. The molecule has 0 aromatic carbocycles. The first-order valence-electron chi connectivity index (χ1n) is 6.40. The molecule has 0 saturated carbocycles. The lowest BCUT2D eigenvalue weighted by atomic mass is 9.88. The van der Waals surface area contributed by atoms with Gasteiger partial charge in [-0.3, -0.25) is 4.79 Å². The third kappa shape index (κ3) is 4.85. The van der Waals surface area contributed by atoms with Crippen molar-refractivity contribution in [2.75, 3.05) is 7.11 Å². The largest absolute Gasteiger partial charge is 0.495 e. The van der Waals surface area contributed by atoms with Crippen LogP contribution < -0.4 is 10.1 Å². The summed E-state index contributed by atoms with van der Waals surface area (Å²) < 4.78 is 5.06. The van der Waals surface area contributed by atoms with Crippen LogP contribution >= 0.6 is 11.3 Å². The van der Waals surface area contributed by atoms with Gasteiger partial charge < -0.3 is 15.2 Å². The number of rotatable bonds is 6. The van der Waals surface area contributed by atoms with Crippen molar-refractivity contribution in [3.63, 3.8) is 0 Å². The Labute approximate surface area is 123 Å². The maximum atomic E-state index is 12.1. The molecule has 1 atom stereocenters. The van der Waals surface area contributed by atoms with Crippen molar-refractivity contribution in [3.05, 3.63) is 16.3 Å². The van der Waals surface area contributed by atoms with E-state index in [0.717, 1.165) is 0 Å². The number of nitrogens with one attached hydrogen (secondary N) is 1. The molecular weight excluding hydrogens is 278 g/mol. The van der Waals surface area contributed by atoms with Crippen LogP contribution in [0.2, 0.25) is 0 Å². The van der Waals surface area contributed by atoms with Gasteiger partial charge in [0.15, 0.2) is 0 Å². The molecule has 1 aromatic heterocycles. The van der Waals surface area contributed by atoms with Crippen LogP contribution in [-0.2, 0) is 4.79 Å². The molecule has 5 nitrogen and oxygen atoms in total. The van der Waals surface area contributed by atoms with Gasteiger partial charge in [0.05, 0.1) is 7.11 Å². The Morgan fingerprint density at radius 3 is 2.60 bits per heavy atom. The molecule has 1 amide bonds. The quantitative estimate of drug-likeness (QED) is 0.847. The number of ether oxygens (including phenoxy) is 1. The SMILES string of the molecule is COc1ccsc1C(=O)NC(CCC(C)(C)C)C(=O)O. The summed E-state index contributed by atoms with van der Waals surface area (Å²) in [5, 5.41) is 13.5. The summed E-state index contributed by atoms with van der Waals surface area (Å²) in [4.78, 5) is 23.7. The standard InChI is InChI=1S/C14H21NO4S/c1-14(2,3)7-5-9(13(17)18)15-12(16)11-10(19-4)6-8-20-11/h6,8-9H,5,7H2,1-4H3,(H,15,16)(H,17,18). The Kier molecular flexibility index (Phi) is 5.56. The highest BCUT2D eigenvalue weighted by molar-refractivity contribution is 7.12. The molecule has 0 spiro atoms. The molecule has 0 bridgehead atoms. The Bertz CT molecular complexity index is 476.